The number of carbonyl (C=O) groups excluding carboxylic acids is 2. The van der Waals surface area contributed by atoms with Gasteiger partial charge in [0, 0.05) is 29.7 Å². The molecule has 136 valence electrons. The van der Waals surface area contributed by atoms with Crippen LogP contribution in [-0.2, 0) is 16.6 Å². The van der Waals surface area contributed by atoms with Crippen molar-refractivity contribution in [3.05, 3.63) is 48.2 Å². The van der Waals surface area contributed by atoms with Crippen LogP contribution < -0.4 is 4.90 Å². The van der Waals surface area contributed by atoms with Crippen LogP contribution >= 0.6 is 0 Å². The first kappa shape index (κ1) is 17.0. The quantitative estimate of drug-likeness (QED) is 0.666. The number of benzene rings is 1. The molecule has 1 fully saturated rings. The molecule has 2 amide bonds. The summed E-state index contributed by atoms with van der Waals surface area (Å²) in [5.74, 6) is -0.290. The molecule has 1 aliphatic heterocycles. The molecule has 2 aromatic rings. The molecule has 2 aliphatic rings. The third kappa shape index (κ3) is 2.58. The molecule has 1 aliphatic carbocycles. The standard InChI is InChI=1S/C21H25N3O2/c1-22(2)19(17-12-23(3)18-11-7-6-8-14(17)18)13-24-20(25)15-9-4-5-10-16(15)21(24)26/h4-8,11-12,15-16,19H,9-10,13H2,1-3H3/p+1/t15-,16+,19-/m0/s1. The fourth-order valence-corrected chi connectivity index (χ4v) is 4.47. The summed E-state index contributed by atoms with van der Waals surface area (Å²) in [6, 6.07) is 8.36. The van der Waals surface area contributed by atoms with E-state index in [2.05, 4.69) is 37.0 Å². The van der Waals surface area contributed by atoms with E-state index >= 15 is 0 Å². The lowest BCUT2D eigenvalue weighted by Crippen LogP contribution is -3.07. The highest BCUT2D eigenvalue weighted by molar-refractivity contribution is 6.05. The van der Waals surface area contributed by atoms with Gasteiger partial charge in [-0.25, -0.2) is 0 Å². The first-order valence-corrected chi connectivity index (χ1v) is 9.33. The molecule has 2 heterocycles. The highest BCUT2D eigenvalue weighted by atomic mass is 16.2. The number of imide groups is 1. The van der Waals surface area contributed by atoms with Crippen molar-refractivity contribution in [2.75, 3.05) is 20.6 Å². The van der Waals surface area contributed by atoms with Crippen LogP contribution in [0.15, 0.2) is 42.6 Å². The molecule has 5 heteroatoms. The Labute approximate surface area is 153 Å². The topological polar surface area (TPSA) is 46.8 Å². The van der Waals surface area contributed by atoms with Gasteiger partial charge in [0.2, 0.25) is 11.8 Å². The summed E-state index contributed by atoms with van der Waals surface area (Å²) in [5.41, 5.74) is 2.36. The molecule has 0 unspecified atom stereocenters. The summed E-state index contributed by atoms with van der Waals surface area (Å²) < 4.78 is 2.12. The molecule has 3 atom stereocenters. The average Bonchev–Trinajstić information content (AvgIpc) is 3.09. The number of fused-ring (bicyclic) bond motifs is 2. The van der Waals surface area contributed by atoms with Gasteiger partial charge >= 0.3 is 0 Å². The van der Waals surface area contributed by atoms with Gasteiger partial charge in [-0.2, -0.15) is 0 Å². The van der Waals surface area contributed by atoms with Gasteiger partial charge in [0.15, 0.2) is 0 Å². The molecular weight excluding hydrogens is 326 g/mol. The first-order chi connectivity index (χ1) is 12.5. The van der Waals surface area contributed by atoms with Gasteiger partial charge in [0.25, 0.3) is 0 Å². The molecule has 1 aromatic heterocycles. The molecule has 0 bridgehead atoms. The van der Waals surface area contributed by atoms with E-state index < -0.39 is 0 Å². The van der Waals surface area contributed by atoms with Crippen LogP contribution in [0.1, 0.15) is 24.4 Å². The smallest absolute Gasteiger partial charge is 0.233 e. The Kier molecular flexibility index (Phi) is 4.19. The zero-order chi connectivity index (χ0) is 18.4. The molecule has 0 spiro atoms. The summed E-state index contributed by atoms with van der Waals surface area (Å²) >= 11 is 0. The van der Waals surface area contributed by atoms with Gasteiger partial charge in [0.05, 0.1) is 32.5 Å². The van der Waals surface area contributed by atoms with Crippen molar-refractivity contribution in [3.63, 3.8) is 0 Å². The number of quaternary nitrogens is 1. The van der Waals surface area contributed by atoms with Crippen molar-refractivity contribution >= 4 is 22.7 Å². The number of hydrogen-bond donors (Lipinski definition) is 1. The van der Waals surface area contributed by atoms with Crippen molar-refractivity contribution in [1.82, 2.24) is 9.47 Å². The van der Waals surface area contributed by atoms with Gasteiger partial charge < -0.3 is 9.47 Å². The number of aromatic nitrogens is 1. The summed E-state index contributed by atoms with van der Waals surface area (Å²) in [4.78, 5) is 28.5. The molecule has 1 saturated heterocycles. The molecule has 1 aromatic carbocycles. The predicted molar refractivity (Wildman–Crippen MR) is 101 cm³/mol. The monoisotopic (exact) mass is 352 g/mol. The number of allylic oxidation sites excluding steroid dienone is 2. The number of likely N-dealkylation sites (tertiary alicyclic amines) is 1. The zero-order valence-corrected chi connectivity index (χ0v) is 15.6. The number of carbonyl (C=O) groups is 2. The number of para-hydroxylation sites is 1. The maximum atomic E-state index is 12.9. The second-order valence-corrected chi connectivity index (χ2v) is 7.79. The van der Waals surface area contributed by atoms with E-state index in [1.807, 2.05) is 31.3 Å². The maximum absolute atomic E-state index is 12.9. The van der Waals surface area contributed by atoms with Crippen molar-refractivity contribution in [2.45, 2.75) is 18.9 Å². The Balaban J connectivity index is 1.68. The summed E-state index contributed by atoms with van der Waals surface area (Å²) in [7, 11) is 6.22. The third-order valence-electron chi connectivity index (χ3n) is 5.96. The minimum atomic E-state index is -0.155. The Bertz CT molecular complexity index is 870. The molecule has 4 rings (SSSR count). The van der Waals surface area contributed by atoms with E-state index in [1.54, 1.807) is 0 Å². The maximum Gasteiger partial charge on any atom is 0.233 e. The second-order valence-electron chi connectivity index (χ2n) is 7.79. The minimum Gasteiger partial charge on any atom is -0.350 e. The lowest BCUT2D eigenvalue weighted by Gasteiger charge is -2.25. The Morgan fingerprint density at radius 1 is 1.08 bits per heavy atom. The minimum absolute atomic E-state index is 0.0100. The fraction of sp³-hybridized carbons (Fsp3) is 0.429. The van der Waals surface area contributed by atoms with Crippen LogP contribution in [-0.4, -0.2) is 41.9 Å². The number of aryl methyl sites for hydroxylation is 1. The molecule has 0 saturated carbocycles. The molecule has 0 radical (unpaired) electrons. The third-order valence-corrected chi connectivity index (χ3v) is 5.96. The lowest BCUT2D eigenvalue weighted by molar-refractivity contribution is -0.891. The van der Waals surface area contributed by atoms with Crippen molar-refractivity contribution in [2.24, 2.45) is 18.9 Å². The van der Waals surface area contributed by atoms with Crippen molar-refractivity contribution in [3.8, 4) is 0 Å². The summed E-state index contributed by atoms with van der Waals surface area (Å²) in [6.07, 6.45) is 7.60. The number of nitrogens with zero attached hydrogens (tertiary/aromatic N) is 2. The molecular formula is C21H26N3O2+. The highest BCUT2D eigenvalue weighted by Gasteiger charge is 2.48. The number of rotatable bonds is 4. The fourth-order valence-electron chi connectivity index (χ4n) is 4.47. The Morgan fingerprint density at radius 3 is 2.31 bits per heavy atom. The van der Waals surface area contributed by atoms with E-state index in [4.69, 9.17) is 0 Å². The first-order valence-electron chi connectivity index (χ1n) is 9.33. The second kappa shape index (κ2) is 6.40. The van der Waals surface area contributed by atoms with Crippen molar-refractivity contribution in [1.29, 1.82) is 0 Å². The van der Waals surface area contributed by atoms with E-state index in [0.29, 0.717) is 19.4 Å². The molecule has 26 heavy (non-hydrogen) atoms. The van der Waals surface area contributed by atoms with Gasteiger partial charge in [-0.15, -0.1) is 0 Å². The predicted octanol–water partition coefficient (Wildman–Crippen LogP) is 1.32. The van der Waals surface area contributed by atoms with E-state index in [-0.39, 0.29) is 29.7 Å². The van der Waals surface area contributed by atoms with Gasteiger partial charge in [0.1, 0.15) is 6.04 Å². The van der Waals surface area contributed by atoms with E-state index in [1.165, 1.54) is 26.3 Å². The Hall–Kier alpha value is -2.40. The molecule has 1 N–H and O–H groups in total. The van der Waals surface area contributed by atoms with Crippen LogP contribution in [0.25, 0.3) is 10.9 Å². The number of nitrogens with one attached hydrogen (secondary N) is 1. The van der Waals surface area contributed by atoms with Crippen LogP contribution in [0, 0.1) is 11.8 Å². The number of likely N-dealkylation sites (N-methyl/N-ethyl adjacent to an activating group) is 1. The summed E-state index contributed by atoms with van der Waals surface area (Å²) in [5, 5.41) is 1.19. The van der Waals surface area contributed by atoms with Crippen LogP contribution in [0.4, 0.5) is 0 Å². The van der Waals surface area contributed by atoms with Crippen LogP contribution in [0.2, 0.25) is 0 Å². The lowest BCUT2D eigenvalue weighted by atomic mass is 9.85. The number of hydrogen-bond acceptors (Lipinski definition) is 2. The highest BCUT2D eigenvalue weighted by Crippen LogP contribution is 2.36. The normalized spacial score (nSPS) is 23.9. The SMILES string of the molecule is Cn1cc([C@H](CN2C(=O)[C@H]3CC=CC[C@H]3C2=O)[NH+](C)C)c2ccccc21. The largest absolute Gasteiger partial charge is 0.350 e. The van der Waals surface area contributed by atoms with E-state index in [0.717, 1.165) is 0 Å². The average molecular weight is 352 g/mol. The zero-order valence-electron chi connectivity index (χ0n) is 15.6. The van der Waals surface area contributed by atoms with Gasteiger partial charge in [-0.1, -0.05) is 30.4 Å². The van der Waals surface area contributed by atoms with Gasteiger partial charge in [-0.3, -0.25) is 14.5 Å². The number of amides is 2. The van der Waals surface area contributed by atoms with Crippen molar-refractivity contribution < 1.29 is 14.5 Å². The van der Waals surface area contributed by atoms with Crippen LogP contribution in [0.3, 0.4) is 0 Å². The van der Waals surface area contributed by atoms with Crippen LogP contribution in [0.5, 0.6) is 0 Å². The van der Waals surface area contributed by atoms with Gasteiger partial charge in [-0.05, 0) is 18.9 Å². The molecule has 5 nitrogen and oxygen atoms in total. The summed E-state index contributed by atoms with van der Waals surface area (Å²) in [6.45, 7) is 0.445. The Morgan fingerprint density at radius 2 is 1.69 bits per heavy atom. The van der Waals surface area contributed by atoms with E-state index in [9.17, 15) is 9.59 Å².